The highest BCUT2D eigenvalue weighted by molar-refractivity contribution is 7.92. The van der Waals surface area contributed by atoms with Gasteiger partial charge in [0, 0.05) is 5.56 Å². The summed E-state index contributed by atoms with van der Waals surface area (Å²) < 4.78 is 31.1. The van der Waals surface area contributed by atoms with Gasteiger partial charge in [-0.3, -0.25) is 9.10 Å². The van der Waals surface area contributed by atoms with Crippen molar-refractivity contribution in [1.82, 2.24) is 5.32 Å². The number of hydrogen-bond acceptors (Lipinski definition) is 4. The van der Waals surface area contributed by atoms with E-state index in [0.29, 0.717) is 11.4 Å². The number of carbonyl (C=O) groups excluding carboxylic acids is 1. The molecule has 2 rings (SSSR count). The molecule has 0 aliphatic rings. The first-order valence-electron chi connectivity index (χ1n) is 9.44. The largest absolute Gasteiger partial charge is 0.496 e. The SMILES string of the molecule is COc1ccccc1[C@H](C)NC(=O)CN(c1ccc(C(C)(C)C)cc1)S(C)(=O)=O. The standard InChI is InChI=1S/C22H30N2O4S/c1-16(19-9-7-8-10-20(19)28-5)23-21(25)15-24(29(6,26)27)18-13-11-17(12-14-18)22(2,3)4/h7-14,16H,15H2,1-6H3,(H,23,25)/t16-/m0/s1. The summed E-state index contributed by atoms with van der Waals surface area (Å²) in [6, 6.07) is 14.3. The van der Waals surface area contributed by atoms with Gasteiger partial charge in [0.2, 0.25) is 15.9 Å². The number of nitrogens with zero attached hydrogens (tertiary/aromatic N) is 1. The lowest BCUT2D eigenvalue weighted by molar-refractivity contribution is -0.120. The molecule has 0 aromatic heterocycles. The van der Waals surface area contributed by atoms with Crippen LogP contribution < -0.4 is 14.4 Å². The van der Waals surface area contributed by atoms with E-state index in [4.69, 9.17) is 4.74 Å². The van der Waals surface area contributed by atoms with E-state index >= 15 is 0 Å². The van der Waals surface area contributed by atoms with E-state index in [1.807, 2.05) is 43.3 Å². The summed E-state index contributed by atoms with van der Waals surface area (Å²) in [5.41, 5.74) is 2.32. The fourth-order valence-electron chi connectivity index (χ4n) is 3.05. The molecule has 158 valence electrons. The van der Waals surface area contributed by atoms with Gasteiger partial charge in [0.05, 0.1) is 25.1 Å². The molecule has 6 nitrogen and oxygen atoms in total. The molecule has 2 aromatic carbocycles. The van der Waals surface area contributed by atoms with Crippen LogP contribution in [0.1, 0.15) is 44.9 Å². The van der Waals surface area contributed by atoms with Gasteiger partial charge in [0.15, 0.2) is 0 Å². The molecule has 0 spiro atoms. The third kappa shape index (κ3) is 5.97. The highest BCUT2D eigenvalue weighted by Gasteiger charge is 2.23. The Hall–Kier alpha value is -2.54. The lowest BCUT2D eigenvalue weighted by Crippen LogP contribution is -2.41. The van der Waals surface area contributed by atoms with Gasteiger partial charge in [-0.2, -0.15) is 0 Å². The third-order valence-electron chi connectivity index (χ3n) is 4.69. The van der Waals surface area contributed by atoms with Gasteiger partial charge in [-0.1, -0.05) is 51.1 Å². The van der Waals surface area contributed by atoms with Gasteiger partial charge >= 0.3 is 0 Å². The Balaban J connectivity index is 2.19. The van der Waals surface area contributed by atoms with Crippen molar-refractivity contribution in [2.75, 3.05) is 24.2 Å². The molecule has 7 heteroatoms. The van der Waals surface area contributed by atoms with Crippen LogP contribution in [0.15, 0.2) is 48.5 Å². The minimum atomic E-state index is -3.63. The van der Waals surface area contributed by atoms with Gasteiger partial charge < -0.3 is 10.1 Å². The summed E-state index contributed by atoms with van der Waals surface area (Å²) in [5, 5.41) is 2.85. The van der Waals surface area contributed by atoms with Gasteiger partial charge in [0.1, 0.15) is 12.3 Å². The lowest BCUT2D eigenvalue weighted by Gasteiger charge is -2.25. The van der Waals surface area contributed by atoms with Gasteiger partial charge in [0.25, 0.3) is 0 Å². The number of nitrogens with one attached hydrogen (secondary N) is 1. The number of carbonyl (C=O) groups is 1. The number of ether oxygens (including phenoxy) is 1. The van der Waals surface area contributed by atoms with Crippen molar-refractivity contribution in [3.05, 3.63) is 59.7 Å². The molecule has 1 amide bonds. The van der Waals surface area contributed by atoms with Crippen LogP contribution in [0.5, 0.6) is 5.75 Å². The first-order chi connectivity index (χ1) is 13.4. The summed E-state index contributed by atoms with van der Waals surface area (Å²) in [5.74, 6) is 0.270. The smallest absolute Gasteiger partial charge is 0.241 e. The zero-order chi connectivity index (χ0) is 21.8. The molecule has 0 bridgehead atoms. The Bertz CT molecular complexity index is 948. The molecule has 2 aromatic rings. The molecule has 0 fully saturated rings. The fourth-order valence-corrected chi connectivity index (χ4v) is 3.90. The second-order valence-corrected chi connectivity index (χ2v) is 10.0. The molecule has 1 N–H and O–H groups in total. The van der Waals surface area contributed by atoms with Crippen molar-refractivity contribution in [3.63, 3.8) is 0 Å². The maximum absolute atomic E-state index is 12.6. The molecule has 1 atom stereocenters. The summed E-state index contributed by atoms with van der Waals surface area (Å²) in [6.07, 6.45) is 1.10. The second kappa shape index (κ2) is 8.86. The van der Waals surface area contributed by atoms with E-state index in [-0.39, 0.29) is 18.0 Å². The zero-order valence-corrected chi connectivity index (χ0v) is 18.7. The van der Waals surface area contributed by atoms with E-state index in [9.17, 15) is 13.2 Å². The van der Waals surface area contributed by atoms with E-state index in [2.05, 4.69) is 26.1 Å². The molecule has 0 heterocycles. The van der Waals surface area contributed by atoms with E-state index in [0.717, 1.165) is 21.7 Å². The Kier molecular flexibility index (Phi) is 6.95. The van der Waals surface area contributed by atoms with Gasteiger partial charge in [-0.05, 0) is 36.1 Å². The predicted octanol–water partition coefficient (Wildman–Crippen LogP) is 3.64. The van der Waals surface area contributed by atoms with Crippen molar-refractivity contribution >= 4 is 21.6 Å². The van der Waals surface area contributed by atoms with Crippen LogP contribution in [0.3, 0.4) is 0 Å². The number of anilines is 1. The average Bonchev–Trinajstić information content (AvgIpc) is 2.64. The lowest BCUT2D eigenvalue weighted by atomic mass is 9.87. The molecule has 0 saturated carbocycles. The van der Waals surface area contributed by atoms with Crippen LogP contribution in [-0.2, 0) is 20.2 Å². The third-order valence-corrected chi connectivity index (χ3v) is 5.83. The van der Waals surface area contributed by atoms with Crippen LogP contribution >= 0.6 is 0 Å². The summed E-state index contributed by atoms with van der Waals surface area (Å²) in [7, 11) is -2.06. The summed E-state index contributed by atoms with van der Waals surface area (Å²) in [4.78, 5) is 12.6. The van der Waals surface area contributed by atoms with Crippen molar-refractivity contribution in [1.29, 1.82) is 0 Å². The minimum Gasteiger partial charge on any atom is -0.496 e. The molecule has 0 radical (unpaired) electrons. The number of rotatable bonds is 7. The van der Waals surface area contributed by atoms with Crippen molar-refractivity contribution in [2.24, 2.45) is 0 Å². The average molecular weight is 419 g/mol. The predicted molar refractivity (Wildman–Crippen MR) is 117 cm³/mol. The Morgan fingerprint density at radius 2 is 1.69 bits per heavy atom. The number of methoxy groups -OCH3 is 1. The maximum atomic E-state index is 12.6. The molecular weight excluding hydrogens is 388 g/mol. The minimum absolute atomic E-state index is 0.0456. The number of hydrogen-bond donors (Lipinski definition) is 1. The Morgan fingerprint density at radius 1 is 1.10 bits per heavy atom. The molecule has 29 heavy (non-hydrogen) atoms. The topological polar surface area (TPSA) is 75.7 Å². The molecule has 0 saturated heterocycles. The van der Waals surface area contributed by atoms with Crippen LogP contribution in [-0.4, -0.2) is 34.2 Å². The Morgan fingerprint density at radius 3 is 2.21 bits per heavy atom. The highest BCUT2D eigenvalue weighted by Crippen LogP contribution is 2.27. The second-order valence-electron chi connectivity index (χ2n) is 8.10. The Labute approximate surface area is 173 Å². The molecular formula is C22H30N2O4S. The van der Waals surface area contributed by atoms with E-state index < -0.39 is 15.9 Å². The fraction of sp³-hybridized carbons (Fsp3) is 0.409. The van der Waals surface area contributed by atoms with Gasteiger partial charge in [-0.15, -0.1) is 0 Å². The maximum Gasteiger partial charge on any atom is 0.241 e. The number of benzene rings is 2. The molecule has 0 unspecified atom stereocenters. The van der Waals surface area contributed by atoms with Crippen LogP contribution in [0.2, 0.25) is 0 Å². The monoisotopic (exact) mass is 418 g/mol. The van der Waals surface area contributed by atoms with E-state index in [1.165, 1.54) is 0 Å². The van der Waals surface area contributed by atoms with Crippen LogP contribution in [0.25, 0.3) is 0 Å². The zero-order valence-electron chi connectivity index (χ0n) is 17.9. The number of sulfonamides is 1. The first-order valence-corrected chi connectivity index (χ1v) is 11.3. The summed E-state index contributed by atoms with van der Waals surface area (Å²) >= 11 is 0. The van der Waals surface area contributed by atoms with Crippen molar-refractivity contribution in [2.45, 2.75) is 39.2 Å². The number of para-hydroxylation sites is 1. The first kappa shape index (κ1) is 22.7. The normalized spacial score (nSPS) is 12.9. The highest BCUT2D eigenvalue weighted by atomic mass is 32.2. The van der Waals surface area contributed by atoms with Gasteiger partial charge in [-0.25, -0.2) is 8.42 Å². The van der Waals surface area contributed by atoms with Crippen LogP contribution in [0, 0.1) is 0 Å². The van der Waals surface area contributed by atoms with Crippen molar-refractivity contribution in [3.8, 4) is 5.75 Å². The summed E-state index contributed by atoms with van der Waals surface area (Å²) in [6.45, 7) is 7.79. The quantitative estimate of drug-likeness (QED) is 0.745. The van der Waals surface area contributed by atoms with E-state index in [1.54, 1.807) is 19.2 Å². The number of amides is 1. The molecule has 0 aliphatic heterocycles. The van der Waals surface area contributed by atoms with Crippen molar-refractivity contribution < 1.29 is 17.9 Å². The molecule has 0 aliphatic carbocycles. The van der Waals surface area contributed by atoms with Crippen LogP contribution in [0.4, 0.5) is 5.69 Å².